The molecule has 3 rings (SSSR count). The van der Waals surface area contributed by atoms with Gasteiger partial charge in [0.15, 0.2) is 0 Å². The molecule has 0 radical (unpaired) electrons. The second-order valence-corrected chi connectivity index (χ2v) is 3.87. The number of hydrogen-bond donors (Lipinski definition) is 1. The Morgan fingerprint density at radius 1 is 1.12 bits per heavy atom. The van der Waals surface area contributed by atoms with E-state index >= 15 is 0 Å². The van der Waals surface area contributed by atoms with Crippen LogP contribution in [0.1, 0.15) is 5.69 Å². The Kier molecular flexibility index (Phi) is 2.08. The first-order valence-corrected chi connectivity index (χ1v) is 5.33. The van der Waals surface area contributed by atoms with E-state index in [2.05, 4.69) is 9.97 Å². The molecule has 2 aromatic heterocycles. The minimum absolute atomic E-state index is 0.524. The molecule has 0 amide bonds. The molecular formula is C13H11N3O. The van der Waals surface area contributed by atoms with Gasteiger partial charge in [-0.05, 0) is 25.1 Å². The smallest absolute Gasteiger partial charge is 0.247 e. The van der Waals surface area contributed by atoms with E-state index < -0.39 is 0 Å². The van der Waals surface area contributed by atoms with E-state index in [0.717, 1.165) is 11.3 Å². The van der Waals surface area contributed by atoms with Crippen molar-refractivity contribution in [3.8, 4) is 11.5 Å². The SMILES string of the molecule is Cc1nc2oc(-c3ccccc3)nc2cc1N. The summed E-state index contributed by atoms with van der Waals surface area (Å²) >= 11 is 0. The summed E-state index contributed by atoms with van der Waals surface area (Å²) in [6.07, 6.45) is 0. The van der Waals surface area contributed by atoms with Gasteiger partial charge in [-0.25, -0.2) is 9.97 Å². The highest BCUT2D eigenvalue weighted by molar-refractivity contribution is 5.76. The van der Waals surface area contributed by atoms with Gasteiger partial charge in [-0.2, -0.15) is 0 Å². The van der Waals surface area contributed by atoms with Crippen molar-refractivity contribution in [3.63, 3.8) is 0 Å². The minimum atomic E-state index is 0.524. The van der Waals surface area contributed by atoms with Gasteiger partial charge in [-0.3, -0.25) is 0 Å². The van der Waals surface area contributed by atoms with E-state index in [4.69, 9.17) is 10.2 Å². The Hall–Kier alpha value is -2.36. The lowest BCUT2D eigenvalue weighted by atomic mass is 10.2. The molecule has 0 bridgehead atoms. The molecule has 0 aliphatic heterocycles. The van der Waals surface area contributed by atoms with Gasteiger partial charge in [0.2, 0.25) is 11.6 Å². The summed E-state index contributed by atoms with van der Waals surface area (Å²) in [5.41, 5.74) is 9.32. The van der Waals surface area contributed by atoms with Crippen LogP contribution >= 0.6 is 0 Å². The van der Waals surface area contributed by atoms with Crippen molar-refractivity contribution < 1.29 is 4.42 Å². The van der Waals surface area contributed by atoms with E-state index in [1.54, 1.807) is 6.07 Å². The number of nitrogen functional groups attached to an aromatic ring is 1. The van der Waals surface area contributed by atoms with Gasteiger partial charge in [-0.15, -0.1) is 0 Å². The summed E-state index contributed by atoms with van der Waals surface area (Å²) in [7, 11) is 0. The second kappa shape index (κ2) is 3.59. The highest BCUT2D eigenvalue weighted by Crippen LogP contribution is 2.24. The fourth-order valence-electron chi connectivity index (χ4n) is 1.67. The van der Waals surface area contributed by atoms with E-state index in [-0.39, 0.29) is 0 Å². The molecule has 0 atom stereocenters. The van der Waals surface area contributed by atoms with Crippen LogP contribution in [-0.2, 0) is 0 Å². The summed E-state index contributed by atoms with van der Waals surface area (Å²) in [6, 6.07) is 11.5. The molecule has 4 nitrogen and oxygen atoms in total. The lowest BCUT2D eigenvalue weighted by molar-refractivity contribution is 0.607. The Labute approximate surface area is 98.1 Å². The van der Waals surface area contributed by atoms with Crippen LogP contribution < -0.4 is 5.73 Å². The number of hydrogen-bond acceptors (Lipinski definition) is 4. The standard InChI is InChI=1S/C13H11N3O/c1-8-10(14)7-11-13(15-8)17-12(16-11)9-5-3-2-4-6-9/h2-7H,14H2,1H3. The second-order valence-electron chi connectivity index (χ2n) is 3.87. The quantitative estimate of drug-likeness (QED) is 0.691. The highest BCUT2D eigenvalue weighted by atomic mass is 16.4. The number of nitrogens with zero attached hydrogens (tertiary/aromatic N) is 2. The summed E-state index contributed by atoms with van der Waals surface area (Å²) in [5, 5.41) is 0. The van der Waals surface area contributed by atoms with Crippen LogP contribution in [0.2, 0.25) is 0 Å². The number of benzene rings is 1. The van der Waals surface area contributed by atoms with Crippen molar-refractivity contribution in [1.29, 1.82) is 0 Å². The van der Waals surface area contributed by atoms with Crippen LogP contribution in [0.3, 0.4) is 0 Å². The van der Waals surface area contributed by atoms with Gasteiger partial charge in [-0.1, -0.05) is 18.2 Å². The summed E-state index contributed by atoms with van der Waals surface area (Å²) in [5.74, 6) is 0.568. The predicted octanol–water partition coefficient (Wildman–Crippen LogP) is 2.78. The molecule has 3 aromatic rings. The summed E-state index contributed by atoms with van der Waals surface area (Å²) in [4.78, 5) is 8.64. The molecule has 0 spiro atoms. The Bertz CT molecular complexity index is 635. The number of pyridine rings is 1. The maximum absolute atomic E-state index is 5.79. The number of aromatic nitrogens is 2. The Balaban J connectivity index is 2.21. The molecule has 2 N–H and O–H groups in total. The largest absolute Gasteiger partial charge is 0.418 e. The Morgan fingerprint density at radius 3 is 2.65 bits per heavy atom. The third-order valence-electron chi connectivity index (χ3n) is 2.63. The summed E-state index contributed by atoms with van der Waals surface area (Å²) in [6.45, 7) is 1.85. The molecule has 1 aromatic carbocycles. The lowest BCUT2D eigenvalue weighted by Gasteiger charge is -1.95. The van der Waals surface area contributed by atoms with Crippen molar-refractivity contribution in [2.45, 2.75) is 6.92 Å². The minimum Gasteiger partial charge on any atom is -0.418 e. The van der Waals surface area contributed by atoms with Gasteiger partial charge < -0.3 is 10.2 Å². The molecular weight excluding hydrogens is 214 g/mol. The lowest BCUT2D eigenvalue weighted by Crippen LogP contribution is -1.91. The van der Waals surface area contributed by atoms with E-state index in [9.17, 15) is 0 Å². The molecule has 2 heterocycles. The van der Waals surface area contributed by atoms with Gasteiger partial charge in [0, 0.05) is 5.56 Å². The van der Waals surface area contributed by atoms with Crippen LogP contribution in [0.15, 0.2) is 40.8 Å². The normalized spacial score (nSPS) is 10.9. The van der Waals surface area contributed by atoms with Crippen LogP contribution in [0, 0.1) is 6.92 Å². The number of oxazole rings is 1. The number of nitrogens with two attached hydrogens (primary N) is 1. The van der Waals surface area contributed by atoms with E-state index in [1.165, 1.54) is 0 Å². The maximum Gasteiger partial charge on any atom is 0.247 e. The van der Waals surface area contributed by atoms with Crippen molar-refractivity contribution >= 4 is 16.9 Å². The topological polar surface area (TPSA) is 64.9 Å². The maximum atomic E-state index is 5.79. The zero-order chi connectivity index (χ0) is 11.8. The average Bonchev–Trinajstić information content (AvgIpc) is 2.74. The number of rotatable bonds is 1. The van der Waals surface area contributed by atoms with Crippen molar-refractivity contribution in [3.05, 3.63) is 42.1 Å². The third kappa shape index (κ3) is 1.63. The summed E-state index contributed by atoms with van der Waals surface area (Å²) < 4.78 is 5.61. The molecule has 17 heavy (non-hydrogen) atoms. The first kappa shape index (κ1) is 9.84. The molecule has 0 aliphatic carbocycles. The van der Waals surface area contributed by atoms with Gasteiger partial charge >= 0.3 is 0 Å². The number of aryl methyl sites for hydroxylation is 1. The molecule has 0 saturated carbocycles. The van der Waals surface area contributed by atoms with Crippen LogP contribution in [0.4, 0.5) is 5.69 Å². The van der Waals surface area contributed by atoms with E-state index in [0.29, 0.717) is 22.8 Å². The monoisotopic (exact) mass is 225 g/mol. The fraction of sp³-hybridized carbons (Fsp3) is 0.0769. The zero-order valence-corrected chi connectivity index (χ0v) is 9.34. The first-order valence-electron chi connectivity index (χ1n) is 5.33. The van der Waals surface area contributed by atoms with Crippen molar-refractivity contribution in [2.75, 3.05) is 5.73 Å². The van der Waals surface area contributed by atoms with Gasteiger partial charge in [0.1, 0.15) is 5.52 Å². The molecule has 84 valence electrons. The van der Waals surface area contributed by atoms with Crippen molar-refractivity contribution in [2.24, 2.45) is 0 Å². The molecule has 0 unspecified atom stereocenters. The molecule has 4 heteroatoms. The molecule has 0 saturated heterocycles. The first-order chi connectivity index (χ1) is 8.24. The van der Waals surface area contributed by atoms with Gasteiger partial charge in [0.05, 0.1) is 11.4 Å². The van der Waals surface area contributed by atoms with Crippen molar-refractivity contribution in [1.82, 2.24) is 9.97 Å². The molecule has 0 fully saturated rings. The number of fused-ring (bicyclic) bond motifs is 1. The average molecular weight is 225 g/mol. The fourth-order valence-corrected chi connectivity index (χ4v) is 1.67. The van der Waals surface area contributed by atoms with Crippen LogP contribution in [0.25, 0.3) is 22.7 Å². The zero-order valence-electron chi connectivity index (χ0n) is 9.34. The Morgan fingerprint density at radius 2 is 1.88 bits per heavy atom. The predicted molar refractivity (Wildman–Crippen MR) is 66.4 cm³/mol. The van der Waals surface area contributed by atoms with E-state index in [1.807, 2.05) is 37.3 Å². The van der Waals surface area contributed by atoms with Crippen LogP contribution in [-0.4, -0.2) is 9.97 Å². The van der Waals surface area contributed by atoms with Crippen LogP contribution in [0.5, 0.6) is 0 Å². The number of anilines is 1. The van der Waals surface area contributed by atoms with Gasteiger partial charge in [0.25, 0.3) is 0 Å². The molecule has 0 aliphatic rings. The third-order valence-corrected chi connectivity index (χ3v) is 2.63. The highest BCUT2D eigenvalue weighted by Gasteiger charge is 2.10.